The average molecular weight is 521 g/mol. The topological polar surface area (TPSA) is 97.0 Å². The number of nitrogens with zero attached hydrogens (tertiary/aromatic N) is 4. The van der Waals surface area contributed by atoms with Gasteiger partial charge in [0.1, 0.15) is 6.10 Å². The quantitative estimate of drug-likeness (QED) is 0.419. The molecule has 3 heterocycles. The van der Waals surface area contributed by atoms with Gasteiger partial charge in [-0.25, -0.2) is 9.78 Å². The van der Waals surface area contributed by atoms with Gasteiger partial charge in [-0.1, -0.05) is 43.0 Å². The van der Waals surface area contributed by atoms with Gasteiger partial charge in [0.25, 0.3) is 5.56 Å². The fourth-order valence-corrected chi connectivity index (χ4v) is 8.15. The number of carbonyl (C=O) groups is 1. The van der Waals surface area contributed by atoms with E-state index in [1.54, 1.807) is 13.8 Å². The van der Waals surface area contributed by atoms with Crippen LogP contribution in [0, 0.1) is 11.8 Å². The summed E-state index contributed by atoms with van der Waals surface area (Å²) in [7, 11) is 0. The van der Waals surface area contributed by atoms with Gasteiger partial charge in [0.15, 0.2) is 5.69 Å². The summed E-state index contributed by atoms with van der Waals surface area (Å²) in [5, 5.41) is 13.7. The van der Waals surface area contributed by atoms with Crippen LogP contribution >= 0.6 is 0 Å². The van der Waals surface area contributed by atoms with Gasteiger partial charge in [0.05, 0.1) is 11.0 Å². The van der Waals surface area contributed by atoms with Crippen molar-refractivity contribution in [2.45, 2.75) is 115 Å². The van der Waals surface area contributed by atoms with Crippen LogP contribution in [0.1, 0.15) is 96.2 Å². The first-order chi connectivity index (χ1) is 18.4. The first-order valence-corrected chi connectivity index (χ1v) is 14.6. The SMILES string of the molecule is CC(C)ON=C(C(=O)O)c1nc2ccccc2n([C@H]2C[C@H]3CCC[C@@H](C2)N3C2CC3CCCC(C3)C2)c1=O. The van der Waals surface area contributed by atoms with Crippen LogP contribution in [0.15, 0.2) is 34.2 Å². The summed E-state index contributed by atoms with van der Waals surface area (Å²) in [6.07, 6.45) is 13.4. The molecule has 0 amide bonds. The van der Waals surface area contributed by atoms with Crippen LogP contribution in [-0.4, -0.2) is 55.5 Å². The van der Waals surface area contributed by atoms with Crippen LogP contribution in [0.5, 0.6) is 0 Å². The van der Waals surface area contributed by atoms with Crippen molar-refractivity contribution in [3.8, 4) is 0 Å². The summed E-state index contributed by atoms with van der Waals surface area (Å²) in [5.41, 5.74) is 0.396. The second kappa shape index (κ2) is 10.4. The van der Waals surface area contributed by atoms with Gasteiger partial charge in [0.2, 0.25) is 5.71 Å². The summed E-state index contributed by atoms with van der Waals surface area (Å²) in [5.74, 6) is 0.468. The van der Waals surface area contributed by atoms with E-state index in [4.69, 9.17) is 4.84 Å². The number of hydrogen-bond acceptors (Lipinski definition) is 6. The third kappa shape index (κ3) is 4.76. The maximum atomic E-state index is 14.0. The van der Waals surface area contributed by atoms with Gasteiger partial charge in [-0.15, -0.1) is 0 Å². The van der Waals surface area contributed by atoms with E-state index in [9.17, 15) is 14.7 Å². The molecule has 2 unspecified atom stereocenters. The third-order valence-corrected chi connectivity index (χ3v) is 9.47. The van der Waals surface area contributed by atoms with Gasteiger partial charge in [-0.2, -0.15) is 0 Å². The Morgan fingerprint density at radius 2 is 1.61 bits per heavy atom. The Balaban J connectivity index is 1.37. The maximum Gasteiger partial charge on any atom is 0.360 e. The Morgan fingerprint density at radius 1 is 0.947 bits per heavy atom. The molecule has 4 aliphatic rings. The molecule has 1 aromatic carbocycles. The van der Waals surface area contributed by atoms with Crippen molar-refractivity contribution in [1.29, 1.82) is 0 Å². The molecule has 2 saturated heterocycles. The number of rotatable bonds is 6. The minimum Gasteiger partial charge on any atom is -0.476 e. The molecule has 1 aromatic heterocycles. The van der Waals surface area contributed by atoms with E-state index >= 15 is 0 Å². The van der Waals surface area contributed by atoms with Gasteiger partial charge >= 0.3 is 5.97 Å². The van der Waals surface area contributed by atoms with Crippen molar-refractivity contribution in [2.24, 2.45) is 17.0 Å². The lowest BCUT2D eigenvalue weighted by Crippen LogP contribution is -2.58. The van der Waals surface area contributed by atoms with Crippen LogP contribution in [0.25, 0.3) is 11.0 Å². The molecule has 38 heavy (non-hydrogen) atoms. The van der Waals surface area contributed by atoms with Gasteiger partial charge in [-0.05, 0) is 82.8 Å². The van der Waals surface area contributed by atoms with Crippen molar-refractivity contribution >= 4 is 22.7 Å². The van der Waals surface area contributed by atoms with Gasteiger partial charge in [0, 0.05) is 24.2 Å². The number of aromatic nitrogens is 2. The van der Waals surface area contributed by atoms with Crippen LogP contribution in [0.2, 0.25) is 0 Å². The molecule has 0 radical (unpaired) electrons. The van der Waals surface area contributed by atoms with E-state index in [0.717, 1.165) is 30.2 Å². The van der Waals surface area contributed by atoms with E-state index in [0.29, 0.717) is 23.6 Å². The smallest absolute Gasteiger partial charge is 0.360 e. The highest BCUT2D eigenvalue weighted by molar-refractivity contribution is 6.41. The minimum atomic E-state index is -1.31. The molecule has 0 spiro atoms. The molecule has 5 atom stereocenters. The van der Waals surface area contributed by atoms with Gasteiger partial charge in [-0.3, -0.25) is 9.69 Å². The summed E-state index contributed by atoms with van der Waals surface area (Å²) < 4.78 is 1.84. The van der Waals surface area contributed by atoms with Crippen LogP contribution < -0.4 is 5.56 Å². The van der Waals surface area contributed by atoms with Crippen molar-refractivity contribution in [1.82, 2.24) is 14.5 Å². The molecule has 6 rings (SSSR count). The number of piperidine rings is 2. The zero-order valence-corrected chi connectivity index (χ0v) is 22.6. The predicted molar refractivity (Wildman–Crippen MR) is 146 cm³/mol. The maximum absolute atomic E-state index is 14.0. The number of aliphatic carboxylic acids is 1. The minimum absolute atomic E-state index is 0.00449. The average Bonchev–Trinajstić information content (AvgIpc) is 2.87. The Labute approximate surface area is 224 Å². The highest BCUT2D eigenvalue weighted by Gasteiger charge is 2.45. The first-order valence-electron chi connectivity index (χ1n) is 14.6. The highest BCUT2D eigenvalue weighted by Crippen LogP contribution is 2.47. The second-order valence-electron chi connectivity index (χ2n) is 12.4. The molecule has 2 aliphatic heterocycles. The number of oxime groups is 1. The van der Waals surface area contributed by atoms with Crippen LogP contribution in [0.3, 0.4) is 0 Å². The van der Waals surface area contributed by atoms with E-state index in [2.05, 4.69) is 15.0 Å². The monoisotopic (exact) mass is 520 g/mol. The fourth-order valence-electron chi connectivity index (χ4n) is 8.15. The van der Waals surface area contributed by atoms with Crippen molar-refractivity contribution in [2.75, 3.05) is 0 Å². The van der Waals surface area contributed by atoms with E-state index in [-0.39, 0.29) is 23.4 Å². The Kier molecular flexibility index (Phi) is 7.01. The Hall–Kier alpha value is -2.74. The fraction of sp³-hybridized carbons (Fsp3) is 0.667. The molecular weight excluding hydrogens is 480 g/mol. The summed E-state index contributed by atoms with van der Waals surface area (Å²) >= 11 is 0. The van der Waals surface area contributed by atoms with Crippen molar-refractivity contribution in [3.63, 3.8) is 0 Å². The third-order valence-electron chi connectivity index (χ3n) is 9.47. The lowest BCUT2D eigenvalue weighted by Gasteiger charge is -2.55. The molecule has 1 N–H and O–H groups in total. The molecule has 8 heteroatoms. The Bertz CT molecular complexity index is 1260. The number of carboxylic acid groups (broad SMARTS) is 1. The molecular formula is C30H40N4O4. The zero-order valence-electron chi connectivity index (χ0n) is 22.6. The van der Waals surface area contributed by atoms with E-state index in [1.165, 1.54) is 57.8 Å². The predicted octanol–water partition coefficient (Wildman–Crippen LogP) is 5.14. The van der Waals surface area contributed by atoms with Gasteiger partial charge < -0.3 is 14.5 Å². The Morgan fingerprint density at radius 3 is 2.26 bits per heavy atom. The molecule has 8 nitrogen and oxygen atoms in total. The molecule has 204 valence electrons. The molecule has 2 aliphatic carbocycles. The van der Waals surface area contributed by atoms with Crippen LogP contribution in [0.4, 0.5) is 0 Å². The lowest BCUT2D eigenvalue weighted by molar-refractivity contribution is -0.129. The summed E-state index contributed by atoms with van der Waals surface area (Å²) in [6.45, 7) is 3.53. The zero-order chi connectivity index (χ0) is 26.4. The second-order valence-corrected chi connectivity index (χ2v) is 12.4. The largest absolute Gasteiger partial charge is 0.476 e. The summed E-state index contributed by atoms with van der Waals surface area (Å²) in [6, 6.07) is 9.18. The van der Waals surface area contributed by atoms with Crippen molar-refractivity contribution in [3.05, 3.63) is 40.3 Å². The number of hydrogen-bond donors (Lipinski definition) is 1. The number of benzene rings is 1. The van der Waals surface area contributed by atoms with E-state index in [1.807, 2.05) is 28.8 Å². The molecule has 4 bridgehead atoms. The number of carboxylic acids is 1. The lowest BCUT2D eigenvalue weighted by atomic mass is 9.68. The number of para-hydroxylation sites is 2. The van der Waals surface area contributed by atoms with E-state index < -0.39 is 11.7 Å². The van der Waals surface area contributed by atoms with Crippen LogP contribution in [-0.2, 0) is 9.63 Å². The molecule has 2 saturated carbocycles. The summed E-state index contributed by atoms with van der Waals surface area (Å²) in [4.78, 5) is 38.8. The highest BCUT2D eigenvalue weighted by atomic mass is 16.6. The van der Waals surface area contributed by atoms with Crippen molar-refractivity contribution < 1.29 is 14.7 Å². The first kappa shape index (κ1) is 25.5. The normalized spacial score (nSPS) is 31.9. The number of fused-ring (bicyclic) bond motifs is 5. The molecule has 4 fully saturated rings. The molecule has 2 aromatic rings. The standard InChI is InChI=1S/C30H40N4O4/c1-18(2)38-32-28(30(36)37)27-29(35)34(26-12-4-3-11-25(26)31-27)24-16-21-9-6-10-22(17-24)33(21)23-14-19-7-5-8-20(13-19)15-23/h3-4,11-12,18-24H,5-10,13-17H2,1-2H3,(H,36,37)/t19?,20?,21-,22+,23?,24+.